The molecule has 0 saturated carbocycles. The number of allylic oxidation sites excluding steroid dienone is 9. The lowest BCUT2D eigenvalue weighted by molar-refractivity contribution is -0.870. The zero-order valence-electron chi connectivity index (χ0n) is 49.5. The standard InChI is InChI=1S/C65H123N2O6P/c1-6-8-10-12-14-16-18-20-22-24-26-27-28-29-30-31-32-33-34-35-36-37-38-39-41-43-45-47-49-51-53-55-57-59-65(69)66-63(62-73-74(70,71)72-61-60-67(3,4)5)64(68)58-56-54-52-50-48-46-44-42-40-25-23-21-19-17-15-13-11-9-7-2/h8,10,14,16,20,22,26-27,56,58,63-64,68H,6-7,9,11-13,15,17-19,21,23-25,28-55,57,59-62H2,1-5H3,(H-,66,69,70,71)/b10-8-,16-14-,22-20-,27-26-,58-56+. The van der Waals surface area contributed by atoms with Gasteiger partial charge in [0, 0.05) is 6.42 Å². The van der Waals surface area contributed by atoms with Crippen LogP contribution in [-0.2, 0) is 18.4 Å². The number of hydrogen-bond acceptors (Lipinski definition) is 6. The van der Waals surface area contributed by atoms with Crippen LogP contribution in [0, 0.1) is 0 Å². The second-order valence-corrected chi connectivity index (χ2v) is 24.1. The molecule has 0 rings (SSSR count). The highest BCUT2D eigenvalue weighted by Gasteiger charge is 2.23. The van der Waals surface area contributed by atoms with Crippen LogP contribution in [0.1, 0.15) is 296 Å². The molecule has 0 aliphatic heterocycles. The summed E-state index contributed by atoms with van der Waals surface area (Å²) in [4.78, 5) is 25.6. The summed E-state index contributed by atoms with van der Waals surface area (Å²) in [5.74, 6) is -0.193. The lowest BCUT2D eigenvalue weighted by atomic mass is 10.0. The van der Waals surface area contributed by atoms with Crippen LogP contribution in [-0.4, -0.2) is 68.5 Å². The summed E-state index contributed by atoms with van der Waals surface area (Å²) in [7, 11) is 1.27. The first kappa shape index (κ1) is 72.2. The lowest BCUT2D eigenvalue weighted by Crippen LogP contribution is -2.45. The summed E-state index contributed by atoms with van der Waals surface area (Å²) >= 11 is 0. The molecule has 0 saturated heterocycles. The largest absolute Gasteiger partial charge is 0.756 e. The van der Waals surface area contributed by atoms with E-state index in [2.05, 4.69) is 67.8 Å². The predicted octanol–water partition coefficient (Wildman–Crippen LogP) is 19.0. The van der Waals surface area contributed by atoms with E-state index >= 15 is 0 Å². The molecule has 434 valence electrons. The van der Waals surface area contributed by atoms with Gasteiger partial charge in [0.2, 0.25) is 5.91 Å². The molecule has 8 nitrogen and oxygen atoms in total. The van der Waals surface area contributed by atoms with Gasteiger partial charge in [-0.25, -0.2) is 0 Å². The minimum atomic E-state index is -4.60. The molecular formula is C65H123N2O6P. The molecule has 0 fully saturated rings. The Balaban J connectivity index is 4.05. The Morgan fingerprint density at radius 2 is 0.824 bits per heavy atom. The first-order chi connectivity index (χ1) is 36.0. The number of carbonyl (C=O) groups excluding carboxylic acids is 1. The first-order valence-electron chi connectivity index (χ1n) is 31.7. The maximum absolute atomic E-state index is 13.0. The predicted molar refractivity (Wildman–Crippen MR) is 321 cm³/mol. The molecule has 0 radical (unpaired) electrons. The number of phosphoric acid groups is 1. The maximum atomic E-state index is 13.0. The van der Waals surface area contributed by atoms with Gasteiger partial charge in [0.15, 0.2) is 0 Å². The van der Waals surface area contributed by atoms with Crippen LogP contribution in [0.25, 0.3) is 0 Å². The number of nitrogens with zero attached hydrogens (tertiary/aromatic N) is 1. The number of carbonyl (C=O) groups is 1. The fraction of sp³-hybridized carbons (Fsp3) is 0.831. The maximum Gasteiger partial charge on any atom is 0.268 e. The Hall–Kier alpha value is -1.80. The summed E-state index contributed by atoms with van der Waals surface area (Å²) < 4.78 is 23.4. The number of aliphatic hydroxyl groups excluding tert-OH is 1. The fourth-order valence-electron chi connectivity index (χ4n) is 9.32. The van der Waals surface area contributed by atoms with E-state index in [9.17, 15) is 19.4 Å². The summed E-state index contributed by atoms with van der Waals surface area (Å²) in [6.07, 6.45) is 76.0. The van der Waals surface area contributed by atoms with Gasteiger partial charge in [0.25, 0.3) is 7.82 Å². The summed E-state index contributed by atoms with van der Waals surface area (Å²) in [5, 5.41) is 13.9. The quantitative estimate of drug-likeness (QED) is 0.0272. The molecule has 74 heavy (non-hydrogen) atoms. The second kappa shape index (κ2) is 55.9. The average molecular weight is 1060 g/mol. The summed E-state index contributed by atoms with van der Waals surface area (Å²) in [5.41, 5.74) is 0. The number of amides is 1. The number of unbranched alkanes of at least 4 members (excludes halogenated alkanes) is 37. The zero-order chi connectivity index (χ0) is 54.2. The minimum absolute atomic E-state index is 0.000349. The van der Waals surface area contributed by atoms with Crippen molar-refractivity contribution in [1.29, 1.82) is 0 Å². The lowest BCUT2D eigenvalue weighted by Gasteiger charge is -2.29. The van der Waals surface area contributed by atoms with E-state index in [1.807, 2.05) is 27.2 Å². The molecule has 0 aliphatic carbocycles. The van der Waals surface area contributed by atoms with Gasteiger partial charge in [-0.3, -0.25) is 9.36 Å². The summed E-state index contributed by atoms with van der Waals surface area (Å²) in [6.45, 7) is 4.57. The van der Waals surface area contributed by atoms with Crippen molar-refractivity contribution in [3.63, 3.8) is 0 Å². The van der Waals surface area contributed by atoms with Crippen molar-refractivity contribution < 1.29 is 32.9 Å². The van der Waals surface area contributed by atoms with Crippen LogP contribution >= 0.6 is 7.82 Å². The third-order valence-electron chi connectivity index (χ3n) is 14.2. The van der Waals surface area contributed by atoms with E-state index in [4.69, 9.17) is 9.05 Å². The normalized spacial score (nSPS) is 14.2. The van der Waals surface area contributed by atoms with Crippen molar-refractivity contribution in [2.45, 2.75) is 309 Å². The molecule has 0 spiro atoms. The van der Waals surface area contributed by atoms with Crippen LogP contribution < -0.4 is 10.2 Å². The second-order valence-electron chi connectivity index (χ2n) is 22.7. The highest BCUT2D eigenvalue weighted by atomic mass is 31.2. The Kier molecular flexibility index (Phi) is 54.6. The topological polar surface area (TPSA) is 108 Å². The average Bonchev–Trinajstić information content (AvgIpc) is 3.36. The van der Waals surface area contributed by atoms with Gasteiger partial charge >= 0.3 is 0 Å². The molecule has 1 amide bonds. The Morgan fingerprint density at radius 1 is 0.486 bits per heavy atom. The number of likely N-dealkylation sites (N-methyl/N-ethyl adjacent to an activating group) is 1. The molecule has 3 unspecified atom stereocenters. The number of phosphoric ester groups is 1. The van der Waals surface area contributed by atoms with E-state index in [0.717, 1.165) is 64.2 Å². The van der Waals surface area contributed by atoms with Gasteiger partial charge in [-0.15, -0.1) is 0 Å². The number of quaternary nitrogens is 1. The van der Waals surface area contributed by atoms with Gasteiger partial charge in [-0.2, -0.15) is 0 Å². The molecule has 0 aromatic rings. The highest BCUT2D eigenvalue weighted by Crippen LogP contribution is 2.38. The molecule has 2 N–H and O–H groups in total. The van der Waals surface area contributed by atoms with Crippen molar-refractivity contribution in [3.05, 3.63) is 60.8 Å². The van der Waals surface area contributed by atoms with Gasteiger partial charge in [0.05, 0.1) is 39.9 Å². The molecule has 0 aromatic heterocycles. The molecule has 0 aliphatic rings. The smallest absolute Gasteiger partial charge is 0.268 e. The SMILES string of the molecule is CC/C=C\C/C=C\C/C=C\C/C=C\CCCCCCCCCCCCCCCCCCCCCCC(=O)NC(COP(=O)([O-])OCC[N+](C)(C)C)C(O)/C=C/CCCCCCCCCCCCCCCCCCC. The van der Waals surface area contributed by atoms with Gasteiger partial charge in [0.1, 0.15) is 13.2 Å². The van der Waals surface area contributed by atoms with E-state index in [1.54, 1.807) is 6.08 Å². The fourth-order valence-corrected chi connectivity index (χ4v) is 10.0. The van der Waals surface area contributed by atoms with Crippen LogP contribution in [0.3, 0.4) is 0 Å². The summed E-state index contributed by atoms with van der Waals surface area (Å²) in [6, 6.07) is -0.887. The Bertz CT molecular complexity index is 1390. The monoisotopic (exact) mass is 1060 g/mol. The van der Waals surface area contributed by atoms with E-state index in [1.165, 1.54) is 212 Å². The molecule has 9 heteroatoms. The Morgan fingerprint density at radius 3 is 1.20 bits per heavy atom. The third kappa shape index (κ3) is 57.9. The van der Waals surface area contributed by atoms with E-state index in [-0.39, 0.29) is 19.1 Å². The molecule has 0 aromatic carbocycles. The van der Waals surface area contributed by atoms with Crippen molar-refractivity contribution in [3.8, 4) is 0 Å². The molecule has 0 heterocycles. The van der Waals surface area contributed by atoms with Crippen molar-refractivity contribution in [2.75, 3.05) is 40.9 Å². The van der Waals surface area contributed by atoms with Crippen molar-refractivity contribution in [1.82, 2.24) is 5.32 Å². The van der Waals surface area contributed by atoms with Crippen LogP contribution in [0.15, 0.2) is 60.8 Å². The molecular weight excluding hydrogens is 936 g/mol. The van der Waals surface area contributed by atoms with Crippen LogP contribution in [0.2, 0.25) is 0 Å². The Labute approximate surface area is 460 Å². The van der Waals surface area contributed by atoms with Crippen LogP contribution in [0.5, 0.6) is 0 Å². The van der Waals surface area contributed by atoms with E-state index < -0.39 is 20.0 Å². The zero-order valence-corrected chi connectivity index (χ0v) is 50.4. The number of hydrogen-bond donors (Lipinski definition) is 2. The van der Waals surface area contributed by atoms with Crippen molar-refractivity contribution >= 4 is 13.7 Å². The molecule has 0 bridgehead atoms. The van der Waals surface area contributed by atoms with Crippen LogP contribution in [0.4, 0.5) is 0 Å². The van der Waals surface area contributed by atoms with Gasteiger partial charge in [-0.05, 0) is 57.8 Å². The highest BCUT2D eigenvalue weighted by molar-refractivity contribution is 7.45. The van der Waals surface area contributed by atoms with Gasteiger partial charge in [-0.1, -0.05) is 293 Å². The number of aliphatic hydroxyl groups is 1. The first-order valence-corrected chi connectivity index (χ1v) is 33.1. The number of rotatable bonds is 58. The van der Waals surface area contributed by atoms with Gasteiger partial charge < -0.3 is 28.8 Å². The third-order valence-corrected chi connectivity index (χ3v) is 15.2. The van der Waals surface area contributed by atoms with Crippen molar-refractivity contribution in [2.24, 2.45) is 0 Å². The molecule has 3 atom stereocenters. The number of nitrogens with one attached hydrogen (secondary N) is 1. The van der Waals surface area contributed by atoms with E-state index in [0.29, 0.717) is 17.4 Å². The minimum Gasteiger partial charge on any atom is -0.756 e.